The highest BCUT2D eigenvalue weighted by Gasteiger charge is 2.28. The highest BCUT2D eigenvalue weighted by Crippen LogP contribution is 2.36. The lowest BCUT2D eigenvalue weighted by Gasteiger charge is -2.22. The molecule has 0 aliphatic carbocycles. The molecule has 3 rings (SSSR count). The van der Waals surface area contributed by atoms with E-state index in [4.69, 9.17) is 34.8 Å². The summed E-state index contributed by atoms with van der Waals surface area (Å²) < 4.78 is 38.4. The number of aromatic nitrogens is 1. The molecule has 0 saturated carbocycles. The summed E-state index contributed by atoms with van der Waals surface area (Å²) >= 11 is 19.6. The van der Waals surface area contributed by atoms with Gasteiger partial charge in [-0.3, -0.25) is 4.90 Å². The van der Waals surface area contributed by atoms with E-state index in [1.54, 1.807) is 23.2 Å². The molecule has 0 aliphatic rings. The van der Waals surface area contributed by atoms with Crippen molar-refractivity contribution >= 4 is 57.0 Å². The second kappa shape index (κ2) is 10.9. The number of nitrogens with one attached hydrogen (secondary N) is 1. The van der Waals surface area contributed by atoms with Crippen molar-refractivity contribution in [2.45, 2.75) is 25.6 Å². The Morgan fingerprint density at radius 2 is 1.68 bits per heavy atom. The maximum Gasteiger partial charge on any atom is 0.390 e. The summed E-state index contributed by atoms with van der Waals surface area (Å²) in [5.41, 5.74) is 1.56. The fourth-order valence-electron chi connectivity index (χ4n) is 2.91. The zero-order chi connectivity index (χ0) is 22.4. The Morgan fingerprint density at radius 1 is 1.00 bits per heavy atom. The minimum atomic E-state index is -4.20. The van der Waals surface area contributed by atoms with Crippen LogP contribution in [-0.4, -0.2) is 29.1 Å². The number of halogens is 6. The Balaban J connectivity index is 1.67. The Labute approximate surface area is 197 Å². The largest absolute Gasteiger partial charge is 0.390 e. The average Bonchev–Trinajstić information content (AvgIpc) is 3.14. The summed E-state index contributed by atoms with van der Waals surface area (Å²) in [6, 6.07) is 12.8. The van der Waals surface area contributed by atoms with Gasteiger partial charge in [-0.1, -0.05) is 65.1 Å². The van der Waals surface area contributed by atoms with E-state index >= 15 is 0 Å². The van der Waals surface area contributed by atoms with Gasteiger partial charge in [-0.05, 0) is 24.1 Å². The molecule has 166 valence electrons. The van der Waals surface area contributed by atoms with Crippen LogP contribution < -0.4 is 5.32 Å². The van der Waals surface area contributed by atoms with Gasteiger partial charge in [0.2, 0.25) is 0 Å². The topological polar surface area (TPSA) is 28.2 Å². The molecule has 3 aromatic rings. The molecule has 0 amide bonds. The first-order valence-electron chi connectivity index (χ1n) is 9.39. The molecule has 1 heterocycles. The van der Waals surface area contributed by atoms with Crippen LogP contribution in [0.25, 0.3) is 0 Å². The summed E-state index contributed by atoms with van der Waals surface area (Å²) in [5, 5.41) is 4.72. The number of hydrogen-bond acceptors (Lipinski definition) is 4. The molecule has 31 heavy (non-hydrogen) atoms. The van der Waals surface area contributed by atoms with Crippen LogP contribution in [0.3, 0.4) is 0 Å². The Kier molecular flexibility index (Phi) is 8.47. The van der Waals surface area contributed by atoms with Crippen LogP contribution in [0, 0.1) is 0 Å². The third-order valence-electron chi connectivity index (χ3n) is 4.44. The van der Waals surface area contributed by atoms with Crippen LogP contribution >= 0.6 is 46.1 Å². The van der Waals surface area contributed by atoms with Crippen LogP contribution in [0.1, 0.15) is 16.9 Å². The van der Waals surface area contributed by atoms with E-state index in [0.717, 1.165) is 10.4 Å². The zero-order valence-corrected chi connectivity index (χ0v) is 19.3. The lowest BCUT2D eigenvalue weighted by Crippen LogP contribution is -2.29. The van der Waals surface area contributed by atoms with Gasteiger partial charge in [-0.2, -0.15) is 13.2 Å². The molecule has 0 unspecified atom stereocenters. The Hall–Kier alpha value is -1.51. The maximum atomic E-state index is 12.8. The van der Waals surface area contributed by atoms with Crippen LogP contribution in [0.15, 0.2) is 48.7 Å². The molecule has 2 aromatic carbocycles. The van der Waals surface area contributed by atoms with Gasteiger partial charge >= 0.3 is 6.18 Å². The van der Waals surface area contributed by atoms with Crippen molar-refractivity contribution in [3.8, 4) is 0 Å². The second-order valence-corrected chi connectivity index (χ2v) is 9.24. The summed E-state index contributed by atoms with van der Waals surface area (Å²) in [7, 11) is 0. The molecule has 1 N–H and O–H groups in total. The monoisotopic (exact) mass is 507 g/mol. The summed E-state index contributed by atoms with van der Waals surface area (Å²) in [4.78, 5) is 6.93. The van der Waals surface area contributed by atoms with Crippen LogP contribution in [0.4, 0.5) is 24.0 Å². The van der Waals surface area contributed by atoms with Crippen molar-refractivity contribution in [2.75, 3.05) is 18.4 Å². The van der Waals surface area contributed by atoms with Crippen molar-refractivity contribution in [1.29, 1.82) is 0 Å². The quantitative estimate of drug-likeness (QED) is 0.319. The van der Waals surface area contributed by atoms with Gasteiger partial charge in [-0.25, -0.2) is 4.98 Å². The van der Waals surface area contributed by atoms with Gasteiger partial charge in [0.25, 0.3) is 0 Å². The third-order valence-corrected chi connectivity index (χ3v) is 6.15. The minimum Gasteiger partial charge on any atom is -0.329 e. The highest BCUT2D eigenvalue weighted by molar-refractivity contribution is 7.15. The molecule has 0 saturated heterocycles. The Morgan fingerprint density at radius 3 is 2.32 bits per heavy atom. The van der Waals surface area contributed by atoms with Gasteiger partial charge in [0, 0.05) is 35.7 Å². The molecule has 3 nitrogen and oxygen atoms in total. The van der Waals surface area contributed by atoms with Crippen LogP contribution in [0.2, 0.25) is 15.1 Å². The van der Waals surface area contributed by atoms with E-state index in [1.165, 1.54) is 11.3 Å². The number of benzene rings is 2. The number of rotatable bonds is 9. The molecule has 0 aliphatic heterocycles. The summed E-state index contributed by atoms with van der Waals surface area (Å²) in [5.74, 6) is 0. The number of alkyl halides is 3. The van der Waals surface area contributed by atoms with Crippen molar-refractivity contribution in [3.05, 3.63) is 74.2 Å². The number of thiazole rings is 1. The van der Waals surface area contributed by atoms with Crippen molar-refractivity contribution in [3.63, 3.8) is 0 Å². The smallest absolute Gasteiger partial charge is 0.329 e. The number of nitrogens with zero attached hydrogens (tertiary/aromatic N) is 2. The van der Waals surface area contributed by atoms with Gasteiger partial charge in [-0.15, -0.1) is 11.3 Å². The lowest BCUT2D eigenvalue weighted by molar-refractivity contribution is -0.138. The van der Waals surface area contributed by atoms with E-state index in [0.29, 0.717) is 45.4 Å². The maximum absolute atomic E-state index is 12.8. The minimum absolute atomic E-state index is 0.0775. The number of anilines is 2. The molecular formula is C21H19Cl3F3N3S. The number of hydrogen-bond donors (Lipinski definition) is 1. The molecule has 10 heteroatoms. The second-order valence-electron chi connectivity index (χ2n) is 6.88. The first kappa shape index (κ1) is 24.1. The molecule has 0 fully saturated rings. The van der Waals surface area contributed by atoms with Crippen molar-refractivity contribution < 1.29 is 13.2 Å². The standard InChI is InChI=1S/C21H19Cl3F3N3S/c22-15-10-17(23)19(18(24)11-15)29-20-28-12-16(31-20)13-30(9-7-21(25,26)27)8-6-14-4-2-1-3-5-14/h1-5,10-12H,6-9,13H2,(H,28,29). The van der Waals surface area contributed by atoms with E-state index < -0.39 is 12.6 Å². The van der Waals surface area contributed by atoms with Crippen molar-refractivity contribution in [2.24, 2.45) is 0 Å². The van der Waals surface area contributed by atoms with Crippen molar-refractivity contribution in [1.82, 2.24) is 9.88 Å². The Bertz CT molecular complexity index is 973. The van der Waals surface area contributed by atoms with E-state index in [9.17, 15) is 13.2 Å². The highest BCUT2D eigenvalue weighted by atomic mass is 35.5. The molecule has 0 spiro atoms. The molecule has 0 radical (unpaired) electrons. The first-order valence-corrected chi connectivity index (χ1v) is 11.3. The van der Waals surface area contributed by atoms with Crippen LogP contribution in [-0.2, 0) is 13.0 Å². The van der Waals surface area contributed by atoms with Crippen LogP contribution in [0.5, 0.6) is 0 Å². The van der Waals surface area contributed by atoms with E-state index in [-0.39, 0.29) is 6.54 Å². The summed E-state index contributed by atoms with van der Waals surface area (Å²) in [6.07, 6.45) is -2.75. The van der Waals surface area contributed by atoms with Gasteiger partial charge in [0.15, 0.2) is 5.13 Å². The normalized spacial score (nSPS) is 11.8. The fraction of sp³-hybridized carbons (Fsp3) is 0.286. The van der Waals surface area contributed by atoms with Gasteiger partial charge in [0.1, 0.15) is 0 Å². The lowest BCUT2D eigenvalue weighted by atomic mass is 10.1. The van der Waals surface area contributed by atoms with E-state index in [2.05, 4.69) is 10.3 Å². The van der Waals surface area contributed by atoms with E-state index in [1.807, 2.05) is 30.3 Å². The first-order chi connectivity index (χ1) is 14.7. The average molecular weight is 509 g/mol. The molecule has 0 bridgehead atoms. The third kappa shape index (κ3) is 7.84. The molecule has 0 atom stereocenters. The fourth-order valence-corrected chi connectivity index (χ4v) is 4.68. The predicted molar refractivity (Wildman–Crippen MR) is 123 cm³/mol. The molecular weight excluding hydrogens is 490 g/mol. The SMILES string of the molecule is FC(F)(F)CCN(CCc1ccccc1)Cc1cnc(Nc2c(Cl)cc(Cl)cc2Cl)s1. The predicted octanol–water partition coefficient (Wildman–Crippen LogP) is 7.84. The van der Waals surface area contributed by atoms with Gasteiger partial charge < -0.3 is 5.32 Å². The summed E-state index contributed by atoms with van der Waals surface area (Å²) in [6.45, 7) is 0.797. The van der Waals surface area contributed by atoms with Gasteiger partial charge in [0.05, 0.1) is 22.2 Å². The molecule has 1 aromatic heterocycles. The zero-order valence-electron chi connectivity index (χ0n) is 16.2.